The van der Waals surface area contributed by atoms with Gasteiger partial charge in [-0.2, -0.15) is 5.10 Å². The SMILES string of the molecule is C[C@@H]1CCC[C@@](C)(Oc2ccc(S(=O)(=O)Nc3ccncn3)cc2Cl)[C@H]1c1ccnn1C. The molecule has 0 unspecified atom stereocenters. The predicted molar refractivity (Wildman–Crippen MR) is 122 cm³/mol. The molecule has 0 radical (unpaired) electrons. The normalized spacial score (nSPS) is 23.6. The summed E-state index contributed by atoms with van der Waals surface area (Å²) in [6, 6.07) is 8.00. The third kappa shape index (κ3) is 4.45. The minimum Gasteiger partial charge on any atom is -0.485 e. The van der Waals surface area contributed by atoms with Crippen LogP contribution in [0.5, 0.6) is 5.75 Å². The number of nitrogens with zero attached hydrogens (tertiary/aromatic N) is 4. The first-order valence-corrected chi connectivity index (χ1v) is 12.3. The molecule has 2 heterocycles. The molecule has 1 N–H and O–H groups in total. The Morgan fingerprint density at radius 1 is 1.25 bits per heavy atom. The van der Waals surface area contributed by atoms with E-state index in [2.05, 4.69) is 33.6 Å². The van der Waals surface area contributed by atoms with Crippen LogP contribution in [0.15, 0.2) is 53.9 Å². The van der Waals surface area contributed by atoms with Crippen molar-refractivity contribution in [3.8, 4) is 5.75 Å². The van der Waals surface area contributed by atoms with Gasteiger partial charge in [0.1, 0.15) is 23.5 Å². The molecule has 0 aliphatic heterocycles. The van der Waals surface area contributed by atoms with Gasteiger partial charge in [0.15, 0.2) is 0 Å². The maximum Gasteiger partial charge on any atom is 0.263 e. The van der Waals surface area contributed by atoms with Crippen LogP contribution in [0.1, 0.15) is 44.7 Å². The number of rotatable bonds is 6. The van der Waals surface area contributed by atoms with E-state index >= 15 is 0 Å². The Balaban J connectivity index is 1.61. The van der Waals surface area contributed by atoms with Crippen molar-refractivity contribution in [2.75, 3.05) is 4.72 Å². The summed E-state index contributed by atoms with van der Waals surface area (Å²) in [5, 5.41) is 4.58. The Morgan fingerprint density at radius 2 is 2.06 bits per heavy atom. The van der Waals surface area contributed by atoms with E-state index in [-0.39, 0.29) is 21.7 Å². The van der Waals surface area contributed by atoms with Crippen molar-refractivity contribution in [1.82, 2.24) is 19.7 Å². The molecule has 0 saturated heterocycles. The molecule has 4 rings (SSSR count). The van der Waals surface area contributed by atoms with Gasteiger partial charge in [-0.1, -0.05) is 18.5 Å². The first kappa shape index (κ1) is 22.5. The van der Waals surface area contributed by atoms with E-state index in [1.165, 1.54) is 30.7 Å². The number of halogens is 1. The second-order valence-electron chi connectivity index (χ2n) is 8.43. The number of sulfonamides is 1. The molecule has 2 aromatic heterocycles. The number of ether oxygens (including phenoxy) is 1. The minimum absolute atomic E-state index is 0.0267. The van der Waals surface area contributed by atoms with E-state index in [9.17, 15) is 8.42 Å². The van der Waals surface area contributed by atoms with Gasteiger partial charge in [-0.25, -0.2) is 18.4 Å². The van der Waals surface area contributed by atoms with Crippen LogP contribution in [-0.2, 0) is 17.1 Å². The van der Waals surface area contributed by atoms with Gasteiger partial charge >= 0.3 is 0 Å². The third-order valence-corrected chi connectivity index (χ3v) is 7.76. The molecular formula is C22H26ClN5O3S. The van der Waals surface area contributed by atoms with E-state index in [4.69, 9.17) is 16.3 Å². The number of hydrogen-bond acceptors (Lipinski definition) is 6. The fourth-order valence-corrected chi connectivity index (χ4v) is 5.96. The lowest BCUT2D eigenvalue weighted by Gasteiger charge is -2.45. The highest BCUT2D eigenvalue weighted by atomic mass is 35.5. The predicted octanol–water partition coefficient (Wildman–Crippen LogP) is 4.41. The number of anilines is 1. The minimum atomic E-state index is -3.85. The highest BCUT2D eigenvalue weighted by Gasteiger charge is 2.45. The third-order valence-electron chi connectivity index (χ3n) is 6.11. The van der Waals surface area contributed by atoms with E-state index in [1.807, 2.05) is 17.8 Å². The molecule has 1 aliphatic carbocycles. The van der Waals surface area contributed by atoms with Crippen LogP contribution in [0.4, 0.5) is 5.82 Å². The molecule has 1 saturated carbocycles. The fraction of sp³-hybridized carbons (Fsp3) is 0.409. The van der Waals surface area contributed by atoms with Crippen LogP contribution in [-0.4, -0.2) is 33.8 Å². The highest BCUT2D eigenvalue weighted by molar-refractivity contribution is 7.92. The second-order valence-corrected chi connectivity index (χ2v) is 10.5. The summed E-state index contributed by atoms with van der Waals surface area (Å²) in [6.45, 7) is 4.33. The summed E-state index contributed by atoms with van der Waals surface area (Å²) in [5.41, 5.74) is 0.610. The van der Waals surface area contributed by atoms with Crippen LogP contribution >= 0.6 is 11.6 Å². The maximum absolute atomic E-state index is 12.7. The zero-order chi connectivity index (χ0) is 22.9. The lowest BCUT2D eigenvalue weighted by molar-refractivity contribution is 0.00111. The van der Waals surface area contributed by atoms with Gasteiger partial charge in [-0.15, -0.1) is 0 Å². The number of aromatic nitrogens is 4. The Morgan fingerprint density at radius 3 is 2.72 bits per heavy atom. The summed E-state index contributed by atoms with van der Waals surface area (Å²) in [4.78, 5) is 7.71. The van der Waals surface area contributed by atoms with E-state index < -0.39 is 15.6 Å². The van der Waals surface area contributed by atoms with Gasteiger partial charge in [0.05, 0.1) is 9.92 Å². The smallest absolute Gasteiger partial charge is 0.263 e. The lowest BCUT2D eigenvalue weighted by atomic mass is 9.69. The summed E-state index contributed by atoms with van der Waals surface area (Å²) in [5.74, 6) is 1.16. The van der Waals surface area contributed by atoms with Crippen molar-refractivity contribution in [3.63, 3.8) is 0 Å². The van der Waals surface area contributed by atoms with E-state index in [1.54, 1.807) is 12.3 Å². The van der Waals surface area contributed by atoms with Crippen LogP contribution in [0.2, 0.25) is 5.02 Å². The zero-order valence-corrected chi connectivity index (χ0v) is 19.8. The van der Waals surface area contributed by atoms with Crippen molar-refractivity contribution in [2.24, 2.45) is 13.0 Å². The van der Waals surface area contributed by atoms with Crippen LogP contribution in [0, 0.1) is 5.92 Å². The molecule has 32 heavy (non-hydrogen) atoms. The molecule has 1 aliphatic rings. The van der Waals surface area contributed by atoms with Crippen molar-refractivity contribution < 1.29 is 13.2 Å². The molecule has 0 spiro atoms. The summed E-state index contributed by atoms with van der Waals surface area (Å²) in [7, 11) is -1.91. The molecule has 0 bridgehead atoms. The topological polar surface area (TPSA) is 99.0 Å². The molecule has 8 nitrogen and oxygen atoms in total. The number of hydrogen-bond donors (Lipinski definition) is 1. The van der Waals surface area contributed by atoms with Crippen LogP contribution in [0.3, 0.4) is 0 Å². The van der Waals surface area contributed by atoms with Crippen molar-refractivity contribution in [1.29, 1.82) is 0 Å². The first-order valence-electron chi connectivity index (χ1n) is 10.4. The van der Waals surface area contributed by atoms with E-state index in [0.717, 1.165) is 25.0 Å². The number of benzene rings is 1. The van der Waals surface area contributed by atoms with Gasteiger partial charge in [-0.3, -0.25) is 9.40 Å². The average molecular weight is 476 g/mol. The van der Waals surface area contributed by atoms with Gasteiger partial charge in [-0.05, 0) is 62.4 Å². The summed E-state index contributed by atoms with van der Waals surface area (Å²) in [6.07, 6.45) is 7.53. The van der Waals surface area contributed by atoms with Gasteiger partial charge in [0.25, 0.3) is 10.0 Å². The zero-order valence-electron chi connectivity index (χ0n) is 18.2. The largest absolute Gasteiger partial charge is 0.485 e. The molecule has 0 amide bonds. The van der Waals surface area contributed by atoms with E-state index in [0.29, 0.717) is 11.7 Å². The summed E-state index contributed by atoms with van der Waals surface area (Å²) >= 11 is 6.50. The molecule has 1 fully saturated rings. The monoisotopic (exact) mass is 475 g/mol. The average Bonchev–Trinajstić information content (AvgIpc) is 3.15. The molecule has 3 atom stereocenters. The Labute approximate surface area is 193 Å². The Kier molecular flexibility index (Phi) is 6.13. The van der Waals surface area contributed by atoms with Crippen molar-refractivity contribution in [2.45, 2.75) is 49.5 Å². The summed E-state index contributed by atoms with van der Waals surface area (Å²) < 4.78 is 36.3. The number of aryl methyl sites for hydroxylation is 1. The molecule has 170 valence electrons. The maximum atomic E-state index is 12.7. The van der Waals surface area contributed by atoms with Gasteiger partial charge < -0.3 is 4.74 Å². The van der Waals surface area contributed by atoms with Crippen molar-refractivity contribution in [3.05, 3.63) is 59.8 Å². The molecule has 10 heteroatoms. The quantitative estimate of drug-likeness (QED) is 0.567. The molecular weight excluding hydrogens is 450 g/mol. The van der Waals surface area contributed by atoms with Crippen molar-refractivity contribution >= 4 is 27.4 Å². The Hall–Kier alpha value is -2.65. The number of nitrogens with one attached hydrogen (secondary N) is 1. The fourth-order valence-electron chi connectivity index (χ4n) is 4.64. The second kappa shape index (κ2) is 8.71. The molecule has 3 aromatic rings. The first-order chi connectivity index (χ1) is 15.2. The van der Waals surface area contributed by atoms with Gasteiger partial charge in [0, 0.05) is 31.1 Å². The lowest BCUT2D eigenvalue weighted by Crippen LogP contribution is -2.46. The Bertz CT molecular complexity index is 1200. The highest BCUT2D eigenvalue weighted by Crippen LogP contribution is 2.47. The standard InChI is InChI=1S/C22H26ClN5O3S/c1-15-5-4-10-22(2,21(15)18-8-12-26-28(18)3)31-19-7-6-16(13-17(19)23)32(29,30)27-20-9-11-24-14-25-20/h6-9,11-15,21H,4-5,10H2,1-3H3,(H,24,25,27)/t15-,21-,22-/m1/s1. The van der Waals surface area contributed by atoms with Gasteiger partial charge in [0.2, 0.25) is 0 Å². The molecule has 1 aromatic carbocycles. The van der Waals surface area contributed by atoms with Crippen LogP contribution in [0.25, 0.3) is 0 Å². The van der Waals surface area contributed by atoms with Crippen LogP contribution < -0.4 is 9.46 Å².